The van der Waals surface area contributed by atoms with E-state index < -0.39 is 0 Å². The number of methoxy groups -OCH3 is 1. The third kappa shape index (κ3) is 3.26. The molecule has 2 aromatic carbocycles. The van der Waals surface area contributed by atoms with Crippen LogP contribution in [-0.2, 0) is 4.79 Å². The molecule has 1 saturated heterocycles. The molecule has 0 bridgehead atoms. The Bertz CT molecular complexity index is 1060. The van der Waals surface area contributed by atoms with Crippen molar-refractivity contribution in [3.05, 3.63) is 48.4 Å². The van der Waals surface area contributed by atoms with Crippen LogP contribution >= 0.6 is 0 Å². The first-order valence-electron chi connectivity index (χ1n) is 9.39. The van der Waals surface area contributed by atoms with Gasteiger partial charge in [0.05, 0.1) is 13.0 Å². The molecule has 2 aliphatic rings. The van der Waals surface area contributed by atoms with Gasteiger partial charge in [-0.1, -0.05) is 17.3 Å². The number of ether oxygens (including phenoxy) is 3. The smallest absolute Gasteiger partial charge is 0.232 e. The van der Waals surface area contributed by atoms with Gasteiger partial charge in [0, 0.05) is 30.3 Å². The SMILES string of the molecule is COc1cccc(-c2noc(C3CC(=O)N(c4ccc5c(c4)OCCO5)C3)n2)c1. The monoisotopic (exact) mass is 393 g/mol. The molecule has 1 fully saturated rings. The van der Waals surface area contributed by atoms with Gasteiger partial charge in [-0.15, -0.1) is 0 Å². The number of fused-ring (bicyclic) bond motifs is 1. The minimum Gasteiger partial charge on any atom is -0.497 e. The molecule has 3 heterocycles. The molecule has 5 rings (SSSR count). The highest BCUT2D eigenvalue weighted by Gasteiger charge is 2.35. The summed E-state index contributed by atoms with van der Waals surface area (Å²) in [6.45, 7) is 1.50. The molecule has 8 heteroatoms. The summed E-state index contributed by atoms with van der Waals surface area (Å²) in [5.74, 6) is 2.84. The van der Waals surface area contributed by atoms with E-state index in [4.69, 9.17) is 18.7 Å². The van der Waals surface area contributed by atoms with Gasteiger partial charge in [-0.3, -0.25) is 4.79 Å². The third-order valence-electron chi connectivity index (χ3n) is 5.08. The van der Waals surface area contributed by atoms with E-state index in [0.29, 0.717) is 49.4 Å². The van der Waals surface area contributed by atoms with Crippen molar-refractivity contribution in [2.24, 2.45) is 0 Å². The summed E-state index contributed by atoms with van der Waals surface area (Å²) in [6.07, 6.45) is 0.314. The van der Waals surface area contributed by atoms with Crippen LogP contribution in [0.5, 0.6) is 17.2 Å². The molecule has 1 unspecified atom stereocenters. The zero-order valence-corrected chi connectivity index (χ0v) is 15.8. The summed E-state index contributed by atoms with van der Waals surface area (Å²) in [4.78, 5) is 18.9. The Morgan fingerprint density at radius 3 is 2.83 bits per heavy atom. The van der Waals surface area contributed by atoms with E-state index in [0.717, 1.165) is 17.0 Å². The van der Waals surface area contributed by atoms with E-state index in [9.17, 15) is 4.79 Å². The van der Waals surface area contributed by atoms with Crippen molar-refractivity contribution in [2.75, 3.05) is 31.8 Å². The van der Waals surface area contributed by atoms with E-state index in [1.54, 1.807) is 12.0 Å². The lowest BCUT2D eigenvalue weighted by Crippen LogP contribution is -2.24. The zero-order chi connectivity index (χ0) is 19.8. The van der Waals surface area contributed by atoms with E-state index in [1.165, 1.54) is 0 Å². The van der Waals surface area contributed by atoms with Crippen molar-refractivity contribution >= 4 is 11.6 Å². The quantitative estimate of drug-likeness (QED) is 0.673. The van der Waals surface area contributed by atoms with E-state index >= 15 is 0 Å². The summed E-state index contributed by atoms with van der Waals surface area (Å²) in [5.41, 5.74) is 1.57. The summed E-state index contributed by atoms with van der Waals surface area (Å²) in [6, 6.07) is 13.0. The lowest BCUT2D eigenvalue weighted by Gasteiger charge is -2.22. The maximum atomic E-state index is 12.6. The number of anilines is 1. The second kappa shape index (κ2) is 7.12. The number of carbonyl (C=O) groups excluding carboxylic acids is 1. The normalized spacial score (nSPS) is 18.2. The molecule has 1 amide bonds. The molecule has 2 aliphatic heterocycles. The third-order valence-corrected chi connectivity index (χ3v) is 5.08. The fourth-order valence-electron chi connectivity index (χ4n) is 3.60. The van der Waals surface area contributed by atoms with Crippen LogP contribution in [0.25, 0.3) is 11.4 Å². The van der Waals surface area contributed by atoms with Gasteiger partial charge in [0.2, 0.25) is 17.6 Å². The summed E-state index contributed by atoms with van der Waals surface area (Å²) in [5, 5.41) is 4.08. The first kappa shape index (κ1) is 17.5. The Labute approximate surface area is 167 Å². The van der Waals surface area contributed by atoms with E-state index in [1.807, 2.05) is 42.5 Å². The summed E-state index contributed by atoms with van der Waals surface area (Å²) < 4.78 is 21.9. The number of nitrogens with zero attached hydrogens (tertiary/aromatic N) is 3. The van der Waals surface area contributed by atoms with Crippen molar-refractivity contribution in [1.29, 1.82) is 0 Å². The van der Waals surface area contributed by atoms with Crippen molar-refractivity contribution in [1.82, 2.24) is 10.1 Å². The fraction of sp³-hybridized carbons (Fsp3) is 0.286. The molecule has 148 valence electrons. The van der Waals surface area contributed by atoms with Crippen LogP contribution in [-0.4, -0.2) is 42.9 Å². The molecule has 8 nitrogen and oxygen atoms in total. The Morgan fingerprint density at radius 2 is 1.97 bits per heavy atom. The Kier molecular flexibility index (Phi) is 4.31. The standard InChI is InChI=1S/C21H19N3O5/c1-26-16-4-2-3-13(9-16)20-22-21(29-23-20)14-10-19(25)24(12-14)15-5-6-17-18(11-15)28-8-7-27-17/h2-6,9,11,14H,7-8,10,12H2,1H3. The molecule has 1 atom stereocenters. The van der Waals surface area contributed by atoms with Crippen molar-refractivity contribution in [3.8, 4) is 28.6 Å². The highest BCUT2D eigenvalue weighted by atomic mass is 16.6. The maximum absolute atomic E-state index is 12.6. The van der Waals surface area contributed by atoms with Crippen LogP contribution in [0.1, 0.15) is 18.2 Å². The van der Waals surface area contributed by atoms with E-state index in [2.05, 4.69) is 10.1 Å². The van der Waals surface area contributed by atoms with Gasteiger partial charge < -0.3 is 23.6 Å². The van der Waals surface area contributed by atoms with Crippen molar-refractivity contribution in [3.63, 3.8) is 0 Å². The van der Waals surface area contributed by atoms with Gasteiger partial charge >= 0.3 is 0 Å². The topological polar surface area (TPSA) is 86.9 Å². The predicted octanol–water partition coefficient (Wildman–Crippen LogP) is 3.04. The molecular weight excluding hydrogens is 374 g/mol. The molecule has 0 radical (unpaired) electrons. The first-order valence-corrected chi connectivity index (χ1v) is 9.39. The highest BCUT2D eigenvalue weighted by Crippen LogP contribution is 2.37. The Hall–Kier alpha value is -3.55. The van der Waals surface area contributed by atoms with Crippen LogP contribution < -0.4 is 19.1 Å². The highest BCUT2D eigenvalue weighted by molar-refractivity contribution is 5.96. The number of carbonyl (C=O) groups is 1. The molecule has 0 N–H and O–H groups in total. The maximum Gasteiger partial charge on any atom is 0.232 e. The van der Waals surface area contributed by atoms with Gasteiger partial charge in [-0.2, -0.15) is 4.98 Å². The average molecular weight is 393 g/mol. The largest absolute Gasteiger partial charge is 0.497 e. The van der Waals surface area contributed by atoms with Crippen LogP contribution in [0, 0.1) is 0 Å². The number of hydrogen-bond donors (Lipinski definition) is 0. The minimum atomic E-state index is -0.164. The molecule has 0 spiro atoms. The average Bonchev–Trinajstić information content (AvgIpc) is 3.40. The molecule has 3 aromatic rings. The van der Waals surface area contributed by atoms with Crippen LogP contribution in [0.15, 0.2) is 47.0 Å². The van der Waals surface area contributed by atoms with Crippen LogP contribution in [0.3, 0.4) is 0 Å². The summed E-state index contributed by atoms with van der Waals surface area (Å²) >= 11 is 0. The zero-order valence-electron chi connectivity index (χ0n) is 15.8. The molecule has 0 saturated carbocycles. The number of hydrogen-bond acceptors (Lipinski definition) is 7. The van der Waals surface area contributed by atoms with Crippen LogP contribution in [0.2, 0.25) is 0 Å². The Balaban J connectivity index is 1.36. The fourth-order valence-corrected chi connectivity index (χ4v) is 3.60. The van der Waals surface area contributed by atoms with Gasteiger partial charge in [0.1, 0.15) is 19.0 Å². The predicted molar refractivity (Wildman–Crippen MR) is 103 cm³/mol. The second-order valence-corrected chi connectivity index (χ2v) is 6.92. The van der Waals surface area contributed by atoms with E-state index in [-0.39, 0.29) is 11.8 Å². The second-order valence-electron chi connectivity index (χ2n) is 6.92. The number of rotatable bonds is 4. The number of benzene rings is 2. The van der Waals surface area contributed by atoms with Gasteiger partial charge in [0.15, 0.2) is 11.5 Å². The number of amides is 1. The lowest BCUT2D eigenvalue weighted by atomic mass is 10.1. The molecular formula is C21H19N3O5. The summed E-state index contributed by atoms with van der Waals surface area (Å²) in [7, 11) is 1.61. The number of aromatic nitrogens is 2. The minimum absolute atomic E-state index is 0.00723. The molecule has 1 aromatic heterocycles. The molecule has 29 heavy (non-hydrogen) atoms. The first-order chi connectivity index (χ1) is 14.2. The van der Waals surface area contributed by atoms with Gasteiger partial charge in [0.25, 0.3) is 0 Å². The van der Waals surface area contributed by atoms with Crippen molar-refractivity contribution in [2.45, 2.75) is 12.3 Å². The van der Waals surface area contributed by atoms with Gasteiger partial charge in [-0.25, -0.2) is 0 Å². The van der Waals surface area contributed by atoms with Gasteiger partial charge in [-0.05, 0) is 24.3 Å². The molecule has 0 aliphatic carbocycles. The Morgan fingerprint density at radius 1 is 1.10 bits per heavy atom. The van der Waals surface area contributed by atoms with Crippen LogP contribution in [0.4, 0.5) is 5.69 Å². The van der Waals surface area contributed by atoms with Crippen molar-refractivity contribution < 1.29 is 23.5 Å². The lowest BCUT2D eigenvalue weighted by molar-refractivity contribution is -0.117.